The lowest BCUT2D eigenvalue weighted by atomic mass is 10.1. The van der Waals surface area contributed by atoms with Crippen molar-refractivity contribution in [1.82, 2.24) is 15.1 Å². The van der Waals surface area contributed by atoms with E-state index in [2.05, 4.69) is 10.2 Å². The zero-order chi connectivity index (χ0) is 19.0. The predicted octanol–water partition coefficient (Wildman–Crippen LogP) is 2.72. The Labute approximate surface area is 156 Å². The third-order valence-electron chi connectivity index (χ3n) is 5.03. The number of anilines is 1. The standard InChI is InChI=1S/C20H21FN4O2/c1-13(26)14-6-7-18(16(21)12-14)24-8-10-25(11-9-24)20(27)19-15-4-2-3-5-17(15)22-23-19/h2-7,12-13,26H,8-11H2,1H3,(H,22,23)/t13-/m1/s1. The lowest BCUT2D eigenvalue weighted by molar-refractivity contribution is 0.0742. The van der Waals surface area contributed by atoms with Crippen molar-refractivity contribution < 1.29 is 14.3 Å². The minimum absolute atomic E-state index is 0.114. The van der Waals surface area contributed by atoms with Crippen molar-refractivity contribution >= 4 is 22.5 Å². The first kappa shape index (κ1) is 17.5. The molecule has 0 saturated carbocycles. The molecule has 3 aromatic rings. The lowest BCUT2D eigenvalue weighted by Gasteiger charge is -2.36. The SMILES string of the molecule is C[C@@H](O)c1ccc(N2CCN(C(=O)c3n[nH]c4ccccc34)CC2)c(F)c1. The number of H-pyrrole nitrogens is 1. The molecule has 1 aliphatic heterocycles. The molecule has 27 heavy (non-hydrogen) atoms. The first-order valence-electron chi connectivity index (χ1n) is 8.99. The average molecular weight is 368 g/mol. The van der Waals surface area contributed by atoms with Crippen molar-refractivity contribution in [3.63, 3.8) is 0 Å². The molecule has 140 valence electrons. The maximum Gasteiger partial charge on any atom is 0.275 e. The number of piperazine rings is 1. The van der Waals surface area contributed by atoms with Gasteiger partial charge in [0.05, 0.1) is 17.3 Å². The van der Waals surface area contributed by atoms with E-state index in [-0.39, 0.29) is 11.7 Å². The van der Waals surface area contributed by atoms with Gasteiger partial charge in [0.25, 0.3) is 5.91 Å². The summed E-state index contributed by atoms with van der Waals surface area (Å²) in [6, 6.07) is 12.3. The second kappa shape index (κ2) is 7.00. The summed E-state index contributed by atoms with van der Waals surface area (Å²) in [4.78, 5) is 16.5. The fraction of sp³-hybridized carbons (Fsp3) is 0.300. The zero-order valence-corrected chi connectivity index (χ0v) is 15.0. The van der Waals surface area contributed by atoms with Crippen LogP contribution in [0, 0.1) is 5.82 Å². The molecule has 1 amide bonds. The monoisotopic (exact) mass is 368 g/mol. The molecule has 2 N–H and O–H groups in total. The highest BCUT2D eigenvalue weighted by Gasteiger charge is 2.26. The molecule has 0 radical (unpaired) electrons. The van der Waals surface area contributed by atoms with Gasteiger partial charge in [0, 0.05) is 31.6 Å². The Hall–Kier alpha value is -2.93. The van der Waals surface area contributed by atoms with Crippen LogP contribution in [-0.4, -0.2) is 52.3 Å². The number of nitrogens with zero attached hydrogens (tertiary/aromatic N) is 3. The molecule has 2 heterocycles. The molecule has 6 nitrogen and oxygen atoms in total. The van der Waals surface area contributed by atoms with E-state index in [1.807, 2.05) is 29.2 Å². The molecule has 0 aliphatic carbocycles. The highest BCUT2D eigenvalue weighted by atomic mass is 19.1. The summed E-state index contributed by atoms with van der Waals surface area (Å²) in [7, 11) is 0. The van der Waals surface area contributed by atoms with E-state index < -0.39 is 6.10 Å². The van der Waals surface area contributed by atoms with Crippen LogP contribution >= 0.6 is 0 Å². The van der Waals surface area contributed by atoms with Crippen LogP contribution in [0.4, 0.5) is 10.1 Å². The van der Waals surface area contributed by atoms with Crippen molar-refractivity contribution in [3.05, 3.63) is 59.5 Å². The second-order valence-corrected chi connectivity index (χ2v) is 6.78. The average Bonchev–Trinajstić information content (AvgIpc) is 3.11. The molecule has 2 aromatic carbocycles. The first-order valence-corrected chi connectivity index (χ1v) is 8.99. The number of aliphatic hydroxyl groups excluding tert-OH is 1. The number of rotatable bonds is 3. The summed E-state index contributed by atoms with van der Waals surface area (Å²) in [5.74, 6) is -0.469. The van der Waals surface area contributed by atoms with Crippen molar-refractivity contribution in [2.24, 2.45) is 0 Å². The molecular weight excluding hydrogens is 347 g/mol. The van der Waals surface area contributed by atoms with Crippen LogP contribution in [0.25, 0.3) is 10.9 Å². The number of aromatic nitrogens is 2. The molecule has 1 atom stereocenters. The van der Waals surface area contributed by atoms with Gasteiger partial charge in [0.2, 0.25) is 0 Å². The van der Waals surface area contributed by atoms with E-state index in [1.54, 1.807) is 24.0 Å². The third-order valence-corrected chi connectivity index (χ3v) is 5.03. The smallest absolute Gasteiger partial charge is 0.275 e. The van der Waals surface area contributed by atoms with Crippen LogP contribution in [-0.2, 0) is 0 Å². The van der Waals surface area contributed by atoms with Crippen LogP contribution in [0.3, 0.4) is 0 Å². The van der Waals surface area contributed by atoms with E-state index in [0.29, 0.717) is 43.1 Å². The van der Waals surface area contributed by atoms with E-state index in [9.17, 15) is 14.3 Å². The Morgan fingerprint density at radius 1 is 1.19 bits per heavy atom. The molecular formula is C20H21FN4O2. The van der Waals surface area contributed by atoms with E-state index in [4.69, 9.17) is 0 Å². The van der Waals surface area contributed by atoms with Gasteiger partial charge in [-0.3, -0.25) is 9.89 Å². The molecule has 1 fully saturated rings. The Balaban J connectivity index is 1.47. The highest BCUT2D eigenvalue weighted by Crippen LogP contribution is 2.25. The van der Waals surface area contributed by atoms with E-state index in [0.717, 1.165) is 10.9 Å². The Morgan fingerprint density at radius 2 is 1.93 bits per heavy atom. The lowest BCUT2D eigenvalue weighted by Crippen LogP contribution is -2.49. The molecule has 4 rings (SSSR count). The van der Waals surface area contributed by atoms with Gasteiger partial charge in [0.1, 0.15) is 5.82 Å². The minimum Gasteiger partial charge on any atom is -0.389 e. The Kier molecular flexibility index (Phi) is 4.53. The van der Waals surface area contributed by atoms with Gasteiger partial charge in [-0.25, -0.2) is 4.39 Å². The number of amides is 1. The number of aromatic amines is 1. The van der Waals surface area contributed by atoms with Crippen LogP contribution in [0.2, 0.25) is 0 Å². The maximum atomic E-state index is 14.4. The summed E-state index contributed by atoms with van der Waals surface area (Å²) in [6.45, 7) is 3.69. The summed E-state index contributed by atoms with van der Waals surface area (Å²) >= 11 is 0. The number of fused-ring (bicyclic) bond motifs is 1. The topological polar surface area (TPSA) is 72.5 Å². The summed E-state index contributed by atoms with van der Waals surface area (Å²) in [6.07, 6.45) is -0.702. The number of halogens is 1. The molecule has 0 spiro atoms. The summed E-state index contributed by atoms with van der Waals surface area (Å²) in [5.41, 5.74) is 2.30. The van der Waals surface area contributed by atoms with Crippen LogP contribution in [0.15, 0.2) is 42.5 Å². The van der Waals surface area contributed by atoms with Crippen molar-refractivity contribution in [2.45, 2.75) is 13.0 Å². The maximum absolute atomic E-state index is 14.4. The largest absolute Gasteiger partial charge is 0.389 e. The fourth-order valence-electron chi connectivity index (χ4n) is 3.47. The third kappa shape index (κ3) is 3.26. The number of hydrogen-bond acceptors (Lipinski definition) is 4. The fourth-order valence-corrected chi connectivity index (χ4v) is 3.47. The highest BCUT2D eigenvalue weighted by molar-refractivity contribution is 6.04. The van der Waals surface area contributed by atoms with Gasteiger partial charge in [-0.05, 0) is 30.7 Å². The molecule has 0 bridgehead atoms. The number of para-hydroxylation sites is 1. The number of benzene rings is 2. The van der Waals surface area contributed by atoms with Crippen LogP contribution < -0.4 is 4.90 Å². The van der Waals surface area contributed by atoms with Crippen molar-refractivity contribution in [3.8, 4) is 0 Å². The predicted molar refractivity (Wildman–Crippen MR) is 101 cm³/mol. The molecule has 1 saturated heterocycles. The first-order chi connectivity index (χ1) is 13.0. The number of hydrogen-bond donors (Lipinski definition) is 2. The number of nitrogens with one attached hydrogen (secondary N) is 1. The normalized spacial score (nSPS) is 16.0. The van der Waals surface area contributed by atoms with Crippen LogP contribution in [0.5, 0.6) is 0 Å². The van der Waals surface area contributed by atoms with Gasteiger partial charge in [-0.2, -0.15) is 5.10 Å². The van der Waals surface area contributed by atoms with Gasteiger partial charge in [-0.15, -0.1) is 0 Å². The van der Waals surface area contributed by atoms with Gasteiger partial charge < -0.3 is 14.9 Å². The van der Waals surface area contributed by atoms with Crippen molar-refractivity contribution in [1.29, 1.82) is 0 Å². The number of carbonyl (C=O) groups excluding carboxylic acids is 1. The second-order valence-electron chi connectivity index (χ2n) is 6.78. The van der Waals surface area contributed by atoms with Crippen LogP contribution in [0.1, 0.15) is 29.1 Å². The molecule has 7 heteroatoms. The van der Waals surface area contributed by atoms with E-state index >= 15 is 0 Å². The van der Waals surface area contributed by atoms with Gasteiger partial charge >= 0.3 is 0 Å². The molecule has 0 unspecified atom stereocenters. The number of carbonyl (C=O) groups is 1. The quantitative estimate of drug-likeness (QED) is 0.746. The Morgan fingerprint density at radius 3 is 2.63 bits per heavy atom. The number of aliphatic hydroxyl groups is 1. The zero-order valence-electron chi connectivity index (χ0n) is 15.0. The Bertz CT molecular complexity index is 977. The van der Waals surface area contributed by atoms with E-state index in [1.165, 1.54) is 6.07 Å². The summed E-state index contributed by atoms with van der Waals surface area (Å²) in [5, 5.41) is 17.4. The van der Waals surface area contributed by atoms with Crippen molar-refractivity contribution in [2.75, 3.05) is 31.1 Å². The summed E-state index contributed by atoms with van der Waals surface area (Å²) < 4.78 is 14.4. The minimum atomic E-state index is -0.702. The molecule has 1 aliphatic rings. The van der Waals surface area contributed by atoms with Gasteiger partial charge in [0.15, 0.2) is 5.69 Å². The van der Waals surface area contributed by atoms with Gasteiger partial charge in [-0.1, -0.05) is 24.3 Å². The molecule has 1 aromatic heterocycles.